The second kappa shape index (κ2) is 3.97. The molecular formula is C11H12BrNO3. The molecule has 2 unspecified atom stereocenters. The van der Waals surface area contributed by atoms with Crippen molar-refractivity contribution < 1.29 is 14.6 Å². The minimum absolute atomic E-state index is 0.195. The van der Waals surface area contributed by atoms with Crippen LogP contribution in [0.15, 0.2) is 22.7 Å². The van der Waals surface area contributed by atoms with E-state index >= 15 is 0 Å². The SMILES string of the molecule is CC1C(C(=O)O)Oc2c(Br)cccc2N1C. The van der Waals surface area contributed by atoms with Gasteiger partial charge in [0.25, 0.3) is 0 Å². The van der Waals surface area contributed by atoms with Crippen molar-refractivity contribution in [3.63, 3.8) is 0 Å². The summed E-state index contributed by atoms with van der Waals surface area (Å²) < 4.78 is 6.29. The molecule has 86 valence electrons. The van der Waals surface area contributed by atoms with E-state index in [1.807, 2.05) is 37.1 Å². The van der Waals surface area contributed by atoms with Gasteiger partial charge in [0.2, 0.25) is 6.10 Å². The number of halogens is 1. The average Bonchev–Trinajstić information content (AvgIpc) is 2.23. The van der Waals surface area contributed by atoms with Crippen LogP contribution in [0.25, 0.3) is 0 Å². The summed E-state index contributed by atoms with van der Waals surface area (Å²) in [7, 11) is 1.87. The molecule has 0 radical (unpaired) electrons. The molecule has 1 aromatic rings. The van der Waals surface area contributed by atoms with Crippen LogP contribution in [0.3, 0.4) is 0 Å². The van der Waals surface area contributed by atoms with Crippen LogP contribution in [0.5, 0.6) is 5.75 Å². The summed E-state index contributed by atoms with van der Waals surface area (Å²) in [6.45, 7) is 1.84. The molecule has 0 saturated carbocycles. The van der Waals surface area contributed by atoms with Crippen LogP contribution in [0.1, 0.15) is 6.92 Å². The molecule has 5 heteroatoms. The fraction of sp³-hybridized carbons (Fsp3) is 0.364. The van der Waals surface area contributed by atoms with Gasteiger partial charge >= 0.3 is 5.97 Å². The van der Waals surface area contributed by atoms with Gasteiger partial charge in [-0.2, -0.15) is 0 Å². The number of carboxylic acid groups (broad SMARTS) is 1. The molecule has 0 bridgehead atoms. The van der Waals surface area contributed by atoms with Gasteiger partial charge in [-0.25, -0.2) is 4.79 Å². The van der Waals surface area contributed by atoms with Crippen molar-refractivity contribution in [2.45, 2.75) is 19.1 Å². The number of carbonyl (C=O) groups is 1. The number of fused-ring (bicyclic) bond motifs is 1. The highest BCUT2D eigenvalue weighted by atomic mass is 79.9. The van der Waals surface area contributed by atoms with Crippen molar-refractivity contribution >= 4 is 27.6 Å². The molecular weight excluding hydrogens is 274 g/mol. The van der Waals surface area contributed by atoms with Crippen LogP contribution in [-0.2, 0) is 4.79 Å². The fourth-order valence-electron chi connectivity index (χ4n) is 1.80. The van der Waals surface area contributed by atoms with Crippen LogP contribution < -0.4 is 9.64 Å². The van der Waals surface area contributed by atoms with Crippen LogP contribution in [0.4, 0.5) is 5.69 Å². The number of benzene rings is 1. The molecule has 1 N–H and O–H groups in total. The number of hydrogen-bond donors (Lipinski definition) is 1. The largest absolute Gasteiger partial charge is 0.478 e. The van der Waals surface area contributed by atoms with E-state index in [0.29, 0.717) is 5.75 Å². The Morgan fingerprint density at radius 1 is 1.56 bits per heavy atom. The van der Waals surface area contributed by atoms with E-state index < -0.39 is 12.1 Å². The Bertz CT molecular complexity index is 435. The highest BCUT2D eigenvalue weighted by molar-refractivity contribution is 9.10. The maximum absolute atomic E-state index is 11.1. The van der Waals surface area contributed by atoms with E-state index in [2.05, 4.69) is 15.9 Å². The minimum Gasteiger partial charge on any atom is -0.478 e. The van der Waals surface area contributed by atoms with Crippen LogP contribution >= 0.6 is 15.9 Å². The first-order valence-electron chi connectivity index (χ1n) is 4.93. The van der Waals surface area contributed by atoms with Crippen molar-refractivity contribution in [2.75, 3.05) is 11.9 Å². The standard InChI is InChI=1S/C11H12BrNO3/c1-6-9(11(14)15)16-10-7(12)4-3-5-8(10)13(6)2/h3-6,9H,1-2H3,(H,14,15). The third-order valence-corrected chi connectivity index (χ3v) is 3.49. The molecule has 0 amide bonds. The number of ether oxygens (including phenoxy) is 1. The van der Waals surface area contributed by atoms with E-state index in [-0.39, 0.29) is 6.04 Å². The number of para-hydroxylation sites is 1. The Hall–Kier alpha value is -1.23. The molecule has 4 nitrogen and oxygen atoms in total. The van der Waals surface area contributed by atoms with Crippen LogP contribution in [0, 0.1) is 0 Å². The third-order valence-electron chi connectivity index (χ3n) is 2.86. The number of hydrogen-bond acceptors (Lipinski definition) is 3. The Kier molecular flexibility index (Phi) is 2.80. The first kappa shape index (κ1) is 11.3. The lowest BCUT2D eigenvalue weighted by molar-refractivity contribution is -0.146. The van der Waals surface area contributed by atoms with Gasteiger partial charge in [-0.1, -0.05) is 6.07 Å². The summed E-state index contributed by atoms with van der Waals surface area (Å²) in [6.07, 6.45) is -0.837. The summed E-state index contributed by atoms with van der Waals surface area (Å²) >= 11 is 3.36. The number of rotatable bonds is 1. The highest BCUT2D eigenvalue weighted by Crippen LogP contribution is 2.40. The number of aliphatic carboxylic acids is 1. The molecule has 0 spiro atoms. The number of nitrogens with zero attached hydrogens (tertiary/aromatic N) is 1. The average molecular weight is 286 g/mol. The van der Waals surface area contributed by atoms with Gasteiger partial charge in [0.15, 0.2) is 5.75 Å². The Labute approximate surface area is 102 Å². The maximum atomic E-state index is 11.1. The van der Waals surface area contributed by atoms with E-state index in [0.717, 1.165) is 10.2 Å². The fourth-order valence-corrected chi connectivity index (χ4v) is 2.25. The van der Waals surface area contributed by atoms with Gasteiger partial charge in [-0.3, -0.25) is 0 Å². The van der Waals surface area contributed by atoms with Crippen molar-refractivity contribution in [3.05, 3.63) is 22.7 Å². The van der Waals surface area contributed by atoms with E-state index in [1.165, 1.54) is 0 Å². The summed E-state index contributed by atoms with van der Waals surface area (Å²) in [5.74, 6) is -0.351. The molecule has 0 fully saturated rings. The zero-order valence-corrected chi connectivity index (χ0v) is 10.6. The zero-order valence-electron chi connectivity index (χ0n) is 8.98. The van der Waals surface area contributed by atoms with Crippen LogP contribution in [-0.4, -0.2) is 30.3 Å². The molecule has 2 atom stereocenters. The lowest BCUT2D eigenvalue weighted by Crippen LogP contribution is -2.50. The summed E-state index contributed by atoms with van der Waals surface area (Å²) in [6, 6.07) is 5.45. The summed E-state index contributed by atoms with van der Waals surface area (Å²) in [5, 5.41) is 9.08. The van der Waals surface area contributed by atoms with E-state index in [4.69, 9.17) is 9.84 Å². The zero-order chi connectivity index (χ0) is 11.9. The van der Waals surface area contributed by atoms with Gasteiger partial charge < -0.3 is 14.7 Å². The van der Waals surface area contributed by atoms with Gasteiger partial charge in [-0.15, -0.1) is 0 Å². The molecule has 16 heavy (non-hydrogen) atoms. The highest BCUT2D eigenvalue weighted by Gasteiger charge is 2.36. The molecule has 0 saturated heterocycles. The maximum Gasteiger partial charge on any atom is 0.347 e. The topological polar surface area (TPSA) is 49.8 Å². The minimum atomic E-state index is -0.944. The monoisotopic (exact) mass is 285 g/mol. The molecule has 1 heterocycles. The molecule has 1 aromatic carbocycles. The van der Waals surface area contributed by atoms with Gasteiger partial charge in [0.1, 0.15) is 0 Å². The van der Waals surface area contributed by atoms with Crippen molar-refractivity contribution in [2.24, 2.45) is 0 Å². The molecule has 1 aliphatic rings. The van der Waals surface area contributed by atoms with Crippen molar-refractivity contribution in [1.82, 2.24) is 0 Å². The summed E-state index contributed by atoms with van der Waals surface area (Å²) in [4.78, 5) is 13.0. The summed E-state index contributed by atoms with van der Waals surface area (Å²) in [5.41, 5.74) is 0.902. The molecule has 1 aliphatic heterocycles. The van der Waals surface area contributed by atoms with Gasteiger partial charge in [0.05, 0.1) is 16.2 Å². The van der Waals surface area contributed by atoms with Gasteiger partial charge in [0, 0.05) is 7.05 Å². The van der Waals surface area contributed by atoms with E-state index in [1.54, 1.807) is 0 Å². The van der Waals surface area contributed by atoms with Crippen molar-refractivity contribution in [3.8, 4) is 5.75 Å². The number of likely N-dealkylation sites (N-methyl/N-ethyl adjacent to an activating group) is 1. The lowest BCUT2D eigenvalue weighted by Gasteiger charge is -2.38. The predicted octanol–water partition coefficient (Wildman–Crippen LogP) is 2.12. The lowest BCUT2D eigenvalue weighted by atomic mass is 10.1. The quantitative estimate of drug-likeness (QED) is 0.859. The molecule has 2 rings (SSSR count). The number of anilines is 1. The Morgan fingerprint density at radius 2 is 2.25 bits per heavy atom. The molecule has 0 aromatic heterocycles. The van der Waals surface area contributed by atoms with E-state index in [9.17, 15) is 4.79 Å². The van der Waals surface area contributed by atoms with Crippen molar-refractivity contribution in [1.29, 1.82) is 0 Å². The van der Waals surface area contributed by atoms with Crippen LogP contribution in [0.2, 0.25) is 0 Å². The second-order valence-electron chi connectivity index (χ2n) is 3.82. The third kappa shape index (κ3) is 1.65. The number of carboxylic acids is 1. The smallest absolute Gasteiger partial charge is 0.347 e. The normalized spacial score (nSPS) is 23.6. The first-order valence-corrected chi connectivity index (χ1v) is 5.72. The first-order chi connectivity index (χ1) is 7.52. The van der Waals surface area contributed by atoms with Gasteiger partial charge in [-0.05, 0) is 35.0 Å². The second-order valence-corrected chi connectivity index (χ2v) is 4.67. The molecule has 0 aliphatic carbocycles. The predicted molar refractivity (Wildman–Crippen MR) is 64.1 cm³/mol. The Morgan fingerprint density at radius 3 is 2.88 bits per heavy atom. The Balaban J connectivity index is 2.48.